The molecule has 0 aliphatic carbocycles. The van der Waals surface area contributed by atoms with Gasteiger partial charge in [0, 0.05) is 19.3 Å². The van der Waals surface area contributed by atoms with Crippen LogP contribution in [0.3, 0.4) is 0 Å². The average Bonchev–Trinajstić information content (AvgIpc) is 3.29. The summed E-state index contributed by atoms with van der Waals surface area (Å²) in [6, 6.07) is 11.3. The summed E-state index contributed by atoms with van der Waals surface area (Å²) in [4.78, 5) is 4.76. The van der Waals surface area contributed by atoms with Crippen molar-refractivity contribution < 1.29 is 18.3 Å². The van der Waals surface area contributed by atoms with Crippen molar-refractivity contribution in [1.82, 2.24) is 14.5 Å². The van der Waals surface area contributed by atoms with Crippen LogP contribution in [0, 0.1) is 16.0 Å². The van der Waals surface area contributed by atoms with E-state index < -0.39 is 11.7 Å². The van der Waals surface area contributed by atoms with Crippen molar-refractivity contribution in [2.24, 2.45) is 18.0 Å². The van der Waals surface area contributed by atoms with E-state index in [4.69, 9.17) is 22.6 Å². The van der Waals surface area contributed by atoms with Crippen molar-refractivity contribution in [3.63, 3.8) is 0 Å². The van der Waals surface area contributed by atoms with Crippen LogP contribution < -0.4 is 27.0 Å². The monoisotopic (exact) mass is 516 g/mol. The standard InChI is InChI=1S/C25H27F3N6OS/c1-14(2)19-13-34-21(29)20(23(36)33(3)24(34)32-19)22(31-17-8-10-18(35)11-9-17)30-12-15-4-6-16(7-5-15)25(26,27)28/h4-11,14,19,29-31,35H,12-13H2,1-3H3. The first-order chi connectivity index (χ1) is 17.0. The molecular formula is C25H27F3N6OS. The summed E-state index contributed by atoms with van der Waals surface area (Å²) < 4.78 is 42.8. The molecule has 1 aromatic heterocycles. The van der Waals surface area contributed by atoms with Gasteiger partial charge in [-0.15, -0.1) is 0 Å². The van der Waals surface area contributed by atoms with Crippen LogP contribution in [0.5, 0.6) is 5.75 Å². The van der Waals surface area contributed by atoms with Crippen molar-refractivity contribution in [3.05, 3.63) is 80.6 Å². The average molecular weight is 517 g/mol. The highest BCUT2D eigenvalue weighted by Gasteiger charge is 2.30. The molecule has 2 heterocycles. The van der Waals surface area contributed by atoms with Crippen molar-refractivity contribution in [3.8, 4) is 5.75 Å². The highest BCUT2D eigenvalue weighted by molar-refractivity contribution is 7.71. The number of nitrogens with zero attached hydrogens (tertiary/aromatic N) is 3. The van der Waals surface area contributed by atoms with Crippen molar-refractivity contribution >= 4 is 23.7 Å². The lowest BCUT2D eigenvalue weighted by Gasteiger charge is -2.16. The van der Waals surface area contributed by atoms with Gasteiger partial charge in [0.05, 0.1) is 23.4 Å². The number of fused-ring (bicyclic) bond motifs is 1. The molecule has 1 atom stereocenters. The minimum absolute atomic E-state index is 0.0264. The molecule has 190 valence electrons. The molecule has 1 unspecified atom stereocenters. The first-order valence-corrected chi connectivity index (χ1v) is 11.8. The summed E-state index contributed by atoms with van der Waals surface area (Å²) >= 11 is 5.73. The molecule has 0 spiro atoms. The Morgan fingerprint density at radius 2 is 1.81 bits per heavy atom. The third-order valence-corrected chi connectivity index (χ3v) is 6.60. The summed E-state index contributed by atoms with van der Waals surface area (Å²) in [5.74, 6) is 0.818. The Labute approximate surface area is 210 Å². The summed E-state index contributed by atoms with van der Waals surface area (Å²) in [5, 5.41) is 25.5. The van der Waals surface area contributed by atoms with Crippen LogP contribution in [0.25, 0.3) is 5.82 Å². The molecule has 0 bridgehead atoms. The molecule has 0 saturated heterocycles. The van der Waals surface area contributed by atoms with Crippen LogP contribution in [0.4, 0.5) is 18.9 Å². The highest BCUT2D eigenvalue weighted by atomic mass is 32.1. The van der Waals surface area contributed by atoms with E-state index in [-0.39, 0.29) is 29.7 Å². The van der Waals surface area contributed by atoms with Crippen LogP contribution in [-0.2, 0) is 26.3 Å². The summed E-state index contributed by atoms with van der Waals surface area (Å²) in [6.07, 6.45) is -4.41. The molecule has 0 radical (unpaired) electrons. The summed E-state index contributed by atoms with van der Waals surface area (Å²) in [6.45, 7) is 4.90. The number of nitrogens with one attached hydrogen (secondary N) is 3. The number of anilines is 1. The molecule has 0 fully saturated rings. The zero-order valence-electron chi connectivity index (χ0n) is 20.0. The SMILES string of the molecule is CC(C)C1Cn2c(=N)c(=C(NCc3ccc(C(F)(F)F)cc3)Nc3ccc(O)cc3)c(=S)n(C)c2=N1. The van der Waals surface area contributed by atoms with E-state index in [1.54, 1.807) is 23.7 Å². The molecule has 11 heteroatoms. The molecule has 0 amide bonds. The number of rotatable bonds is 6. The molecule has 1 aliphatic rings. The van der Waals surface area contributed by atoms with Crippen molar-refractivity contribution in [2.45, 2.75) is 39.2 Å². The van der Waals surface area contributed by atoms with Gasteiger partial charge < -0.3 is 20.3 Å². The molecule has 3 aromatic rings. The van der Waals surface area contributed by atoms with Gasteiger partial charge >= 0.3 is 6.18 Å². The molecule has 4 rings (SSSR count). The largest absolute Gasteiger partial charge is 0.508 e. The Hall–Kier alpha value is -3.60. The predicted octanol–water partition coefficient (Wildman–Crippen LogP) is 3.39. The Bertz CT molecular complexity index is 1510. The number of aromatic nitrogens is 2. The van der Waals surface area contributed by atoms with Gasteiger partial charge in [-0.05, 0) is 47.9 Å². The smallest absolute Gasteiger partial charge is 0.416 e. The maximum Gasteiger partial charge on any atom is 0.416 e. The van der Waals surface area contributed by atoms with Crippen LogP contribution in [0.15, 0.2) is 53.5 Å². The third kappa shape index (κ3) is 5.15. The van der Waals surface area contributed by atoms with E-state index in [1.807, 2.05) is 4.57 Å². The van der Waals surface area contributed by atoms with Gasteiger partial charge in [-0.2, -0.15) is 13.2 Å². The fourth-order valence-electron chi connectivity index (χ4n) is 3.95. The topological polar surface area (TPSA) is 90.4 Å². The lowest BCUT2D eigenvalue weighted by Crippen LogP contribution is -2.49. The van der Waals surface area contributed by atoms with E-state index in [0.29, 0.717) is 39.1 Å². The first kappa shape index (κ1) is 25.5. The number of hydrogen-bond acceptors (Lipinski definition) is 6. The van der Waals surface area contributed by atoms with E-state index >= 15 is 0 Å². The van der Waals surface area contributed by atoms with E-state index in [0.717, 1.165) is 12.1 Å². The van der Waals surface area contributed by atoms with Crippen LogP contribution in [-0.4, -0.2) is 20.3 Å². The van der Waals surface area contributed by atoms with Crippen LogP contribution >= 0.6 is 12.2 Å². The fourth-order valence-corrected chi connectivity index (χ4v) is 4.23. The van der Waals surface area contributed by atoms with E-state index in [2.05, 4.69) is 24.5 Å². The Balaban J connectivity index is 1.80. The quantitative estimate of drug-likeness (QED) is 0.299. The van der Waals surface area contributed by atoms with Crippen LogP contribution in [0.2, 0.25) is 0 Å². The number of benzene rings is 2. The molecule has 7 nitrogen and oxygen atoms in total. The number of phenols is 1. The zero-order valence-corrected chi connectivity index (χ0v) is 20.8. The Kier molecular flexibility index (Phi) is 6.94. The number of halogens is 3. The molecule has 0 saturated carbocycles. The predicted molar refractivity (Wildman–Crippen MR) is 133 cm³/mol. The highest BCUT2D eigenvalue weighted by Crippen LogP contribution is 2.29. The van der Waals surface area contributed by atoms with Gasteiger partial charge in [0.25, 0.3) is 0 Å². The molecule has 2 aromatic carbocycles. The van der Waals surface area contributed by atoms with Gasteiger partial charge in [0.1, 0.15) is 21.7 Å². The van der Waals surface area contributed by atoms with Gasteiger partial charge in [-0.25, -0.2) is 4.99 Å². The first-order valence-electron chi connectivity index (χ1n) is 11.4. The van der Waals surface area contributed by atoms with Gasteiger partial charge in [-0.1, -0.05) is 38.2 Å². The Morgan fingerprint density at radius 3 is 2.39 bits per heavy atom. The maximum absolute atomic E-state index is 12.9. The zero-order chi connectivity index (χ0) is 26.2. The number of hydrogen-bond donors (Lipinski definition) is 4. The third-order valence-electron chi connectivity index (χ3n) is 6.12. The number of alkyl halides is 3. The second-order valence-electron chi connectivity index (χ2n) is 9.03. The fraction of sp³-hybridized carbons (Fsp3) is 0.320. The number of phenolic OH excluding ortho intramolecular Hbond substituents is 1. The van der Waals surface area contributed by atoms with Crippen LogP contribution in [0.1, 0.15) is 25.0 Å². The lowest BCUT2D eigenvalue weighted by molar-refractivity contribution is -0.137. The molecule has 4 N–H and O–H groups in total. The van der Waals surface area contributed by atoms with Gasteiger partial charge in [0.2, 0.25) is 5.62 Å². The Morgan fingerprint density at radius 1 is 1.17 bits per heavy atom. The second-order valence-corrected chi connectivity index (χ2v) is 9.42. The van der Waals surface area contributed by atoms with Gasteiger partial charge in [0.15, 0.2) is 0 Å². The normalized spacial score (nSPS) is 15.9. The lowest BCUT2D eigenvalue weighted by atomic mass is 10.1. The maximum atomic E-state index is 12.9. The van der Waals surface area contributed by atoms with Gasteiger partial charge in [-0.3, -0.25) is 9.98 Å². The van der Waals surface area contributed by atoms with E-state index in [1.165, 1.54) is 24.3 Å². The minimum Gasteiger partial charge on any atom is -0.508 e. The minimum atomic E-state index is -4.41. The van der Waals surface area contributed by atoms with E-state index in [9.17, 15) is 18.3 Å². The van der Waals surface area contributed by atoms with Crippen molar-refractivity contribution in [2.75, 3.05) is 5.32 Å². The summed E-state index contributed by atoms with van der Waals surface area (Å²) in [5.41, 5.74) is 1.35. The molecule has 36 heavy (non-hydrogen) atoms. The van der Waals surface area contributed by atoms with Crippen molar-refractivity contribution in [1.29, 1.82) is 5.41 Å². The molecular weight excluding hydrogens is 489 g/mol. The summed E-state index contributed by atoms with van der Waals surface area (Å²) in [7, 11) is 1.80. The number of aromatic hydroxyl groups is 1. The molecule has 1 aliphatic heterocycles. The second kappa shape index (κ2) is 9.81.